The Morgan fingerprint density at radius 2 is 2.10 bits per heavy atom. The first-order valence-electron chi connectivity index (χ1n) is 8.22. The van der Waals surface area contributed by atoms with Crippen LogP contribution in [0.25, 0.3) is 0 Å². The molecular weight excluding hydrogens is 326 g/mol. The number of carbonyl (C=O) groups is 1. The maximum Gasteiger partial charge on any atom is 0.220 e. The smallest absolute Gasteiger partial charge is 0.220 e. The number of nitrogens with one attached hydrogen (secondary N) is 1. The maximum absolute atomic E-state index is 12.5. The third kappa shape index (κ3) is 2.54. The van der Waals surface area contributed by atoms with Gasteiger partial charge in [0.15, 0.2) is 0 Å². The second kappa shape index (κ2) is 5.42. The summed E-state index contributed by atoms with van der Waals surface area (Å²) in [5.41, 5.74) is 2.66. The lowest BCUT2D eigenvalue weighted by Crippen LogP contribution is -2.33. The summed E-state index contributed by atoms with van der Waals surface area (Å²) in [4.78, 5) is 12.8. The minimum Gasteiger partial charge on any atom is -0.348 e. The summed E-state index contributed by atoms with van der Waals surface area (Å²) in [7, 11) is 0. The van der Waals surface area contributed by atoms with Crippen LogP contribution in [0.15, 0.2) is 24.3 Å². The largest absolute Gasteiger partial charge is 0.348 e. The number of halogens is 1. The molecule has 1 aromatic rings. The first-order chi connectivity index (χ1) is 10.2. The normalized spacial score (nSPS) is 36.7. The van der Waals surface area contributed by atoms with Crippen LogP contribution in [0.3, 0.4) is 0 Å². The van der Waals surface area contributed by atoms with E-state index in [0.717, 1.165) is 24.7 Å². The van der Waals surface area contributed by atoms with Crippen molar-refractivity contribution in [3.8, 4) is 0 Å². The molecule has 2 bridgehead atoms. The molecule has 2 saturated carbocycles. The fourth-order valence-electron chi connectivity index (χ4n) is 4.81. The molecular formula is C18H22BrNO. The second-order valence-corrected chi connectivity index (χ2v) is 8.28. The zero-order valence-electron chi connectivity index (χ0n) is 12.2. The molecule has 1 amide bonds. The Morgan fingerprint density at radius 3 is 2.86 bits per heavy atom. The van der Waals surface area contributed by atoms with Crippen molar-refractivity contribution in [3.05, 3.63) is 35.4 Å². The minimum absolute atomic E-state index is 0.146. The molecule has 5 unspecified atom stereocenters. The molecule has 3 aliphatic carbocycles. The lowest BCUT2D eigenvalue weighted by Gasteiger charge is -2.23. The summed E-state index contributed by atoms with van der Waals surface area (Å²) in [5, 5.41) is 3.29. The fraction of sp³-hybridized carbons (Fsp3) is 0.611. The highest BCUT2D eigenvalue weighted by Crippen LogP contribution is 2.49. The van der Waals surface area contributed by atoms with Crippen LogP contribution in [0.5, 0.6) is 0 Å². The number of benzene rings is 1. The van der Waals surface area contributed by atoms with E-state index < -0.39 is 0 Å². The molecule has 3 heteroatoms. The van der Waals surface area contributed by atoms with Crippen LogP contribution in [0, 0.1) is 17.8 Å². The molecule has 2 fully saturated rings. The summed E-state index contributed by atoms with van der Waals surface area (Å²) in [6, 6.07) is 8.62. The molecule has 0 heterocycles. The predicted molar refractivity (Wildman–Crippen MR) is 87.3 cm³/mol. The number of amides is 1. The van der Waals surface area contributed by atoms with E-state index in [2.05, 4.69) is 45.5 Å². The van der Waals surface area contributed by atoms with Crippen LogP contribution in [0.1, 0.15) is 49.3 Å². The van der Waals surface area contributed by atoms with Crippen LogP contribution >= 0.6 is 15.9 Å². The van der Waals surface area contributed by atoms with Gasteiger partial charge in [0, 0.05) is 11.2 Å². The Bertz CT molecular complexity index is 558. The number of rotatable bonds is 3. The van der Waals surface area contributed by atoms with Crippen molar-refractivity contribution in [2.75, 3.05) is 0 Å². The number of fused-ring (bicyclic) bond motifs is 3. The van der Waals surface area contributed by atoms with Gasteiger partial charge in [-0.2, -0.15) is 0 Å². The van der Waals surface area contributed by atoms with Gasteiger partial charge >= 0.3 is 0 Å². The van der Waals surface area contributed by atoms with E-state index in [1.807, 2.05) is 0 Å². The highest BCUT2D eigenvalue weighted by atomic mass is 79.9. The van der Waals surface area contributed by atoms with Crippen LogP contribution < -0.4 is 5.32 Å². The highest BCUT2D eigenvalue weighted by Gasteiger charge is 2.40. The van der Waals surface area contributed by atoms with Crippen molar-refractivity contribution in [1.82, 2.24) is 5.32 Å². The SMILES string of the molecule is O=C(CC1CC2CCC1C2)NC1c2ccccc2CC1Br. The molecule has 21 heavy (non-hydrogen) atoms. The molecule has 3 aliphatic rings. The van der Waals surface area contributed by atoms with Gasteiger partial charge < -0.3 is 5.32 Å². The molecule has 5 atom stereocenters. The van der Waals surface area contributed by atoms with E-state index >= 15 is 0 Å². The zero-order chi connectivity index (χ0) is 14.4. The van der Waals surface area contributed by atoms with Crippen LogP contribution in [-0.4, -0.2) is 10.7 Å². The van der Waals surface area contributed by atoms with E-state index in [0.29, 0.717) is 10.7 Å². The molecule has 0 radical (unpaired) electrons. The standard InChI is InChI=1S/C18H22BrNO/c19-16-9-13-3-1-2-4-15(13)18(16)20-17(21)10-14-8-11-5-6-12(14)7-11/h1-4,11-12,14,16,18H,5-10H2,(H,20,21). The number of hydrogen-bond acceptors (Lipinski definition) is 1. The zero-order valence-corrected chi connectivity index (χ0v) is 13.8. The van der Waals surface area contributed by atoms with Crippen molar-refractivity contribution in [2.24, 2.45) is 17.8 Å². The highest BCUT2D eigenvalue weighted by molar-refractivity contribution is 9.09. The quantitative estimate of drug-likeness (QED) is 0.823. The summed E-state index contributed by atoms with van der Waals surface area (Å²) in [6.45, 7) is 0. The maximum atomic E-state index is 12.5. The third-order valence-electron chi connectivity index (χ3n) is 5.82. The molecule has 2 nitrogen and oxygen atoms in total. The number of carbonyl (C=O) groups excluding carboxylic acids is 1. The summed E-state index contributed by atoms with van der Waals surface area (Å²) in [5.74, 6) is 2.65. The first kappa shape index (κ1) is 13.8. The molecule has 1 N–H and O–H groups in total. The van der Waals surface area contributed by atoms with Gasteiger partial charge in [0.2, 0.25) is 5.91 Å². The van der Waals surface area contributed by atoms with Crippen LogP contribution in [0.2, 0.25) is 0 Å². The van der Waals surface area contributed by atoms with Gasteiger partial charge in [-0.3, -0.25) is 4.79 Å². The van der Waals surface area contributed by atoms with Crippen molar-refractivity contribution in [3.63, 3.8) is 0 Å². The Hall–Kier alpha value is -0.830. The minimum atomic E-state index is 0.146. The topological polar surface area (TPSA) is 29.1 Å². The van der Waals surface area contributed by atoms with Gasteiger partial charge in [-0.05, 0) is 54.6 Å². The molecule has 1 aromatic carbocycles. The predicted octanol–water partition coefficient (Wildman–Crippen LogP) is 3.99. The van der Waals surface area contributed by atoms with Crippen LogP contribution in [0.4, 0.5) is 0 Å². The molecule has 4 rings (SSSR count). The molecule has 0 aliphatic heterocycles. The van der Waals surface area contributed by atoms with Gasteiger partial charge in [-0.1, -0.05) is 46.6 Å². The third-order valence-corrected chi connectivity index (χ3v) is 6.67. The Morgan fingerprint density at radius 1 is 1.24 bits per heavy atom. The summed E-state index contributed by atoms with van der Waals surface area (Å²) >= 11 is 3.74. The first-order valence-corrected chi connectivity index (χ1v) is 9.13. The van der Waals surface area contributed by atoms with Crippen molar-refractivity contribution in [1.29, 1.82) is 0 Å². The van der Waals surface area contributed by atoms with Gasteiger partial charge in [0.25, 0.3) is 0 Å². The van der Waals surface area contributed by atoms with E-state index in [1.165, 1.54) is 36.8 Å². The van der Waals surface area contributed by atoms with Crippen molar-refractivity contribution in [2.45, 2.75) is 49.4 Å². The lowest BCUT2D eigenvalue weighted by molar-refractivity contribution is -0.123. The number of alkyl halides is 1. The molecule has 0 spiro atoms. The second-order valence-electron chi connectivity index (χ2n) is 7.10. The fourth-order valence-corrected chi connectivity index (χ4v) is 5.58. The van der Waals surface area contributed by atoms with Gasteiger partial charge in [0.05, 0.1) is 6.04 Å². The lowest BCUT2D eigenvalue weighted by atomic mass is 9.86. The van der Waals surface area contributed by atoms with Gasteiger partial charge in [-0.15, -0.1) is 0 Å². The Balaban J connectivity index is 1.41. The summed E-state index contributed by atoms with van der Waals surface area (Å²) < 4.78 is 0. The summed E-state index contributed by atoms with van der Waals surface area (Å²) in [6.07, 6.45) is 7.18. The average Bonchev–Trinajstić information content (AvgIpc) is 3.14. The van der Waals surface area contributed by atoms with Crippen molar-refractivity contribution < 1.29 is 4.79 Å². The Labute approximate surface area is 134 Å². The van der Waals surface area contributed by atoms with Gasteiger partial charge in [0.1, 0.15) is 0 Å². The Kier molecular flexibility index (Phi) is 3.56. The van der Waals surface area contributed by atoms with E-state index in [9.17, 15) is 4.79 Å². The molecule has 0 saturated heterocycles. The van der Waals surface area contributed by atoms with Crippen LogP contribution in [-0.2, 0) is 11.2 Å². The number of hydrogen-bond donors (Lipinski definition) is 1. The van der Waals surface area contributed by atoms with E-state index in [1.54, 1.807) is 0 Å². The van der Waals surface area contributed by atoms with E-state index in [-0.39, 0.29) is 11.9 Å². The van der Waals surface area contributed by atoms with E-state index in [4.69, 9.17) is 0 Å². The van der Waals surface area contributed by atoms with Gasteiger partial charge in [-0.25, -0.2) is 0 Å². The monoisotopic (exact) mass is 347 g/mol. The van der Waals surface area contributed by atoms with Crippen molar-refractivity contribution >= 4 is 21.8 Å². The average molecular weight is 348 g/mol. The molecule has 112 valence electrons. The molecule has 0 aromatic heterocycles.